The van der Waals surface area contributed by atoms with Crippen LogP contribution in [0.4, 0.5) is 0 Å². The molecule has 0 spiro atoms. The summed E-state index contributed by atoms with van der Waals surface area (Å²) in [7, 11) is 0. The van der Waals surface area contributed by atoms with E-state index in [4.69, 9.17) is 10.7 Å². The summed E-state index contributed by atoms with van der Waals surface area (Å²) in [5.41, 5.74) is 10.2. The largest absolute Gasteiger partial charge is 0.350 e. The number of imidazole rings is 1. The van der Waals surface area contributed by atoms with E-state index in [1.807, 2.05) is 28.8 Å². The van der Waals surface area contributed by atoms with Crippen LogP contribution in [0.1, 0.15) is 48.3 Å². The molecular weight excluding hydrogens is 386 g/mol. The van der Waals surface area contributed by atoms with Crippen molar-refractivity contribution in [3.63, 3.8) is 0 Å². The van der Waals surface area contributed by atoms with Crippen LogP contribution in [0.25, 0.3) is 5.65 Å². The zero-order chi connectivity index (χ0) is 20.9. The number of nitrogens with one attached hydrogen (secondary N) is 1. The number of carbonyl (C=O) groups excluding carboxylic acids is 1. The summed E-state index contributed by atoms with van der Waals surface area (Å²) in [5, 5.41) is 3.24. The second kappa shape index (κ2) is 7.75. The van der Waals surface area contributed by atoms with E-state index in [1.54, 1.807) is 5.57 Å². The van der Waals surface area contributed by atoms with Gasteiger partial charge in [-0.2, -0.15) is 0 Å². The van der Waals surface area contributed by atoms with Gasteiger partial charge in [-0.3, -0.25) is 9.20 Å². The minimum atomic E-state index is 0.00594. The third-order valence-corrected chi connectivity index (χ3v) is 8.24. The zero-order valence-corrected chi connectivity index (χ0v) is 18.2. The molecule has 2 aromatic rings. The average molecular weight is 420 g/mol. The number of aromatic nitrogens is 2. The summed E-state index contributed by atoms with van der Waals surface area (Å²) >= 11 is 0. The fourth-order valence-electron chi connectivity index (χ4n) is 6.74. The molecule has 3 heterocycles. The number of rotatable bonds is 6. The van der Waals surface area contributed by atoms with Crippen LogP contribution >= 0.6 is 0 Å². The highest BCUT2D eigenvalue weighted by Crippen LogP contribution is 2.56. The van der Waals surface area contributed by atoms with Gasteiger partial charge >= 0.3 is 0 Å². The van der Waals surface area contributed by atoms with Crippen molar-refractivity contribution in [1.82, 2.24) is 19.6 Å². The standard InChI is InChI=1S/C25H33N5O/c26-19-6-8-29(14-19)9-7-20-15-30-23(2-1-3-24(30)28-20)25(31)27-13-18-12-17-10-16-4-5-21(18)22(17)11-16/h1-3,5,15-19,22H,4,6-14,26H2,(H,27,31)/t16?,17?,18?,19-,22?/m1/s1. The van der Waals surface area contributed by atoms with Crippen LogP contribution in [-0.2, 0) is 6.42 Å². The van der Waals surface area contributed by atoms with Crippen LogP contribution in [0.3, 0.4) is 0 Å². The van der Waals surface area contributed by atoms with E-state index < -0.39 is 0 Å². The monoisotopic (exact) mass is 419 g/mol. The lowest BCUT2D eigenvalue weighted by Gasteiger charge is -2.23. The van der Waals surface area contributed by atoms with Crippen molar-refractivity contribution in [2.75, 3.05) is 26.2 Å². The van der Waals surface area contributed by atoms with E-state index in [1.165, 1.54) is 25.7 Å². The first-order chi connectivity index (χ1) is 15.1. The Labute approximate surface area is 183 Å². The molecule has 3 aliphatic carbocycles. The Hall–Kier alpha value is -2.18. The average Bonchev–Trinajstić information content (AvgIpc) is 3.50. The van der Waals surface area contributed by atoms with Gasteiger partial charge in [-0.25, -0.2) is 4.98 Å². The Balaban J connectivity index is 1.12. The number of likely N-dealkylation sites (tertiary alicyclic amines) is 1. The van der Waals surface area contributed by atoms with E-state index in [0.29, 0.717) is 17.7 Å². The number of hydrogen-bond acceptors (Lipinski definition) is 4. The van der Waals surface area contributed by atoms with Gasteiger partial charge in [0.2, 0.25) is 0 Å². The molecule has 6 heteroatoms. The van der Waals surface area contributed by atoms with E-state index in [2.05, 4.69) is 16.3 Å². The van der Waals surface area contributed by atoms with Crippen LogP contribution in [0, 0.1) is 23.7 Å². The van der Waals surface area contributed by atoms with Gasteiger partial charge in [-0.15, -0.1) is 0 Å². The number of carbonyl (C=O) groups is 1. The second-order valence-corrected chi connectivity index (χ2v) is 10.3. The lowest BCUT2D eigenvalue weighted by Crippen LogP contribution is -2.31. The SMILES string of the molecule is N[C@@H]1CCN(CCc2cn3c(C(=O)NCC4CC5CC6CC=C4C5C6)cccc3n2)C1. The molecule has 1 aliphatic heterocycles. The molecule has 4 aliphatic rings. The number of fused-ring (bicyclic) bond motifs is 2. The highest BCUT2D eigenvalue weighted by atomic mass is 16.1. The van der Waals surface area contributed by atoms with Crippen molar-refractivity contribution in [3.8, 4) is 0 Å². The molecule has 2 saturated carbocycles. The normalized spacial score (nSPS) is 32.0. The maximum Gasteiger partial charge on any atom is 0.268 e. The highest BCUT2D eigenvalue weighted by molar-refractivity contribution is 5.93. The Bertz CT molecular complexity index is 1030. The molecule has 6 nitrogen and oxygen atoms in total. The van der Waals surface area contributed by atoms with E-state index >= 15 is 0 Å². The number of amides is 1. The van der Waals surface area contributed by atoms with Gasteiger partial charge in [0, 0.05) is 38.3 Å². The Morgan fingerprint density at radius 2 is 2.19 bits per heavy atom. The number of allylic oxidation sites excluding steroid dienone is 1. The van der Waals surface area contributed by atoms with Crippen LogP contribution in [0.2, 0.25) is 0 Å². The molecular formula is C25H33N5O. The van der Waals surface area contributed by atoms with Crippen LogP contribution in [0.5, 0.6) is 0 Å². The molecule has 164 valence electrons. The van der Waals surface area contributed by atoms with Gasteiger partial charge in [0.15, 0.2) is 0 Å². The van der Waals surface area contributed by atoms with Crippen molar-refractivity contribution in [2.24, 2.45) is 29.4 Å². The van der Waals surface area contributed by atoms with Crippen molar-refractivity contribution >= 4 is 11.6 Å². The Kier molecular flexibility index (Phi) is 4.87. The van der Waals surface area contributed by atoms with Gasteiger partial charge < -0.3 is 16.0 Å². The smallest absolute Gasteiger partial charge is 0.268 e. The molecule has 1 saturated heterocycles. The topological polar surface area (TPSA) is 75.7 Å². The maximum atomic E-state index is 13.1. The molecule has 1 amide bonds. The molecule has 6 rings (SSSR count). The molecule has 2 bridgehead atoms. The van der Waals surface area contributed by atoms with Gasteiger partial charge in [-0.05, 0) is 74.5 Å². The number of hydrogen-bond donors (Lipinski definition) is 2. The Morgan fingerprint density at radius 3 is 3.06 bits per heavy atom. The van der Waals surface area contributed by atoms with Gasteiger partial charge in [-0.1, -0.05) is 17.7 Å². The fourth-order valence-corrected chi connectivity index (χ4v) is 6.74. The summed E-state index contributed by atoms with van der Waals surface area (Å²) in [5.74, 6) is 3.15. The molecule has 2 aromatic heterocycles. The van der Waals surface area contributed by atoms with Crippen LogP contribution < -0.4 is 11.1 Å². The van der Waals surface area contributed by atoms with Gasteiger partial charge in [0.25, 0.3) is 5.91 Å². The molecule has 3 fully saturated rings. The van der Waals surface area contributed by atoms with E-state index in [9.17, 15) is 4.79 Å². The molecule has 3 N–H and O–H groups in total. The van der Waals surface area contributed by atoms with Gasteiger partial charge in [0.1, 0.15) is 11.3 Å². The van der Waals surface area contributed by atoms with E-state index in [0.717, 1.165) is 68.1 Å². The Morgan fingerprint density at radius 1 is 1.26 bits per heavy atom. The quantitative estimate of drug-likeness (QED) is 0.706. The van der Waals surface area contributed by atoms with Crippen LogP contribution in [-0.4, -0.2) is 52.4 Å². The lowest BCUT2D eigenvalue weighted by molar-refractivity contribution is 0.0942. The van der Waals surface area contributed by atoms with Crippen molar-refractivity contribution in [2.45, 2.75) is 44.6 Å². The van der Waals surface area contributed by atoms with Crippen LogP contribution in [0.15, 0.2) is 36.0 Å². The van der Waals surface area contributed by atoms with Gasteiger partial charge in [0.05, 0.1) is 5.69 Å². The minimum Gasteiger partial charge on any atom is -0.350 e. The van der Waals surface area contributed by atoms with Crippen molar-refractivity contribution in [3.05, 3.63) is 47.4 Å². The molecule has 5 atom stereocenters. The molecule has 31 heavy (non-hydrogen) atoms. The highest BCUT2D eigenvalue weighted by Gasteiger charge is 2.46. The second-order valence-electron chi connectivity index (χ2n) is 10.3. The van der Waals surface area contributed by atoms with E-state index in [-0.39, 0.29) is 5.91 Å². The summed E-state index contributed by atoms with van der Waals surface area (Å²) in [4.78, 5) is 20.2. The number of nitrogens with zero attached hydrogens (tertiary/aromatic N) is 3. The first-order valence-corrected chi connectivity index (χ1v) is 12.1. The first-order valence-electron chi connectivity index (χ1n) is 12.1. The summed E-state index contributed by atoms with van der Waals surface area (Å²) in [6.07, 6.45) is 11.8. The third kappa shape index (κ3) is 3.60. The summed E-state index contributed by atoms with van der Waals surface area (Å²) in [6, 6.07) is 6.13. The summed E-state index contributed by atoms with van der Waals surface area (Å²) in [6.45, 7) is 3.78. The maximum absolute atomic E-state index is 13.1. The molecule has 0 aromatic carbocycles. The molecule has 4 unspecified atom stereocenters. The summed E-state index contributed by atoms with van der Waals surface area (Å²) < 4.78 is 1.95. The fraction of sp³-hybridized carbons (Fsp3) is 0.600. The predicted molar refractivity (Wildman–Crippen MR) is 121 cm³/mol. The lowest BCUT2D eigenvalue weighted by atomic mass is 9.85. The van der Waals surface area contributed by atoms with Crippen molar-refractivity contribution in [1.29, 1.82) is 0 Å². The predicted octanol–water partition coefficient (Wildman–Crippen LogP) is 2.63. The number of pyridine rings is 1. The minimum absolute atomic E-state index is 0.00594. The molecule has 0 radical (unpaired) electrons. The van der Waals surface area contributed by atoms with Crippen molar-refractivity contribution < 1.29 is 4.79 Å². The zero-order valence-electron chi connectivity index (χ0n) is 18.2. The third-order valence-electron chi connectivity index (χ3n) is 8.24. The first kappa shape index (κ1) is 19.5. The number of nitrogens with two attached hydrogens (primary N) is 1.